The molecule has 1 N–H and O–H groups in total. The van der Waals surface area contributed by atoms with Crippen molar-refractivity contribution in [2.45, 2.75) is 32.0 Å². The van der Waals surface area contributed by atoms with Gasteiger partial charge in [0, 0.05) is 5.92 Å². The molecule has 1 aromatic carbocycles. The standard InChI is InChI=1S/C17H16F4N4O2/c1-8(10-3-4-11(12(18)7-10)17(19,20)21)13-14-15(25(24-13)5-6-26)16(27)23-9(2)22-14/h3-4,7-8,15,26H,5-6H2,1-2H3. The number of β-amino-alcohol motifs (C(OH)–C–C–N with tert-alkyl or cyclic N) is 1. The second-order valence-corrected chi connectivity index (χ2v) is 6.23. The summed E-state index contributed by atoms with van der Waals surface area (Å²) in [5.74, 6) is -2.26. The zero-order valence-corrected chi connectivity index (χ0v) is 14.5. The zero-order valence-electron chi connectivity index (χ0n) is 14.5. The summed E-state index contributed by atoms with van der Waals surface area (Å²) in [6.07, 6.45) is -4.78. The van der Waals surface area contributed by atoms with Crippen molar-refractivity contribution in [1.29, 1.82) is 0 Å². The number of benzene rings is 1. The summed E-state index contributed by atoms with van der Waals surface area (Å²) >= 11 is 0. The van der Waals surface area contributed by atoms with E-state index >= 15 is 0 Å². The van der Waals surface area contributed by atoms with Crippen molar-refractivity contribution in [3.8, 4) is 0 Å². The summed E-state index contributed by atoms with van der Waals surface area (Å²) in [5.41, 5.74) is -0.442. The Labute approximate surface area is 151 Å². The lowest BCUT2D eigenvalue weighted by molar-refractivity contribution is -0.140. The number of amidine groups is 1. The third-order valence-electron chi connectivity index (χ3n) is 4.38. The molecule has 27 heavy (non-hydrogen) atoms. The van der Waals surface area contributed by atoms with E-state index in [0.29, 0.717) is 17.5 Å². The van der Waals surface area contributed by atoms with Crippen LogP contribution in [0.4, 0.5) is 17.6 Å². The third kappa shape index (κ3) is 3.48. The lowest BCUT2D eigenvalue weighted by Gasteiger charge is -2.22. The lowest BCUT2D eigenvalue weighted by Crippen LogP contribution is -2.44. The maximum absolute atomic E-state index is 13.9. The van der Waals surface area contributed by atoms with E-state index in [9.17, 15) is 27.5 Å². The first-order valence-electron chi connectivity index (χ1n) is 8.14. The fourth-order valence-corrected chi connectivity index (χ4v) is 3.09. The number of nitrogens with zero attached hydrogens (tertiary/aromatic N) is 4. The van der Waals surface area contributed by atoms with E-state index < -0.39 is 35.4 Å². The number of carbonyl (C=O) groups is 1. The van der Waals surface area contributed by atoms with Crippen LogP contribution in [0.3, 0.4) is 0 Å². The molecule has 6 nitrogen and oxygen atoms in total. The maximum Gasteiger partial charge on any atom is 0.419 e. The number of alkyl halides is 3. The maximum atomic E-state index is 13.9. The number of aliphatic hydroxyl groups is 1. The molecule has 0 saturated heterocycles. The van der Waals surface area contributed by atoms with Crippen molar-refractivity contribution in [1.82, 2.24) is 5.01 Å². The molecule has 10 heteroatoms. The van der Waals surface area contributed by atoms with Gasteiger partial charge < -0.3 is 5.11 Å². The highest BCUT2D eigenvalue weighted by Gasteiger charge is 2.43. The molecule has 2 aliphatic heterocycles. The number of halogens is 4. The van der Waals surface area contributed by atoms with Gasteiger partial charge in [0.2, 0.25) is 0 Å². The van der Waals surface area contributed by atoms with E-state index in [0.717, 1.165) is 6.07 Å². The van der Waals surface area contributed by atoms with Crippen LogP contribution in [-0.4, -0.2) is 52.5 Å². The van der Waals surface area contributed by atoms with E-state index in [1.807, 2.05) is 0 Å². The average Bonchev–Trinajstić information content (AvgIpc) is 2.91. The molecule has 1 aromatic rings. The third-order valence-corrected chi connectivity index (χ3v) is 4.38. The average molecular weight is 384 g/mol. The Morgan fingerprint density at radius 1 is 1.30 bits per heavy atom. The number of aliphatic imine (C=N–C) groups is 2. The molecule has 2 atom stereocenters. The first-order chi connectivity index (χ1) is 12.6. The number of amides is 1. The van der Waals surface area contributed by atoms with Gasteiger partial charge in [-0.15, -0.1) is 0 Å². The summed E-state index contributed by atoms with van der Waals surface area (Å²) in [6.45, 7) is 2.96. The SMILES string of the molecule is CC1=NC(=O)C2C(=N1)C(C(C)c1ccc(C(F)(F)F)c(F)c1)=NN2CCO. The predicted octanol–water partition coefficient (Wildman–Crippen LogP) is 2.38. The molecule has 0 aliphatic carbocycles. The van der Waals surface area contributed by atoms with Gasteiger partial charge in [0.15, 0.2) is 6.04 Å². The smallest absolute Gasteiger partial charge is 0.394 e. The van der Waals surface area contributed by atoms with Gasteiger partial charge in [-0.1, -0.05) is 13.0 Å². The van der Waals surface area contributed by atoms with Crippen molar-refractivity contribution in [3.63, 3.8) is 0 Å². The molecule has 2 unspecified atom stereocenters. The Kier molecular flexibility index (Phi) is 4.85. The van der Waals surface area contributed by atoms with Gasteiger partial charge in [-0.2, -0.15) is 23.3 Å². The molecule has 0 saturated carbocycles. The molecule has 144 valence electrons. The fraction of sp³-hybridized carbons (Fsp3) is 0.412. The van der Waals surface area contributed by atoms with E-state index in [2.05, 4.69) is 15.1 Å². The highest BCUT2D eigenvalue weighted by molar-refractivity contribution is 6.52. The van der Waals surface area contributed by atoms with E-state index in [-0.39, 0.29) is 24.6 Å². The number of rotatable bonds is 4. The number of carbonyl (C=O) groups excluding carboxylic acids is 1. The summed E-state index contributed by atoms with van der Waals surface area (Å²) in [4.78, 5) is 20.3. The van der Waals surface area contributed by atoms with Crippen LogP contribution in [0.2, 0.25) is 0 Å². The monoisotopic (exact) mass is 384 g/mol. The summed E-state index contributed by atoms with van der Waals surface area (Å²) in [5, 5.41) is 14.8. The van der Waals surface area contributed by atoms with Crippen LogP contribution in [0.25, 0.3) is 0 Å². The molecule has 0 fully saturated rings. The van der Waals surface area contributed by atoms with Crippen LogP contribution in [0.5, 0.6) is 0 Å². The molecular weight excluding hydrogens is 368 g/mol. The largest absolute Gasteiger partial charge is 0.419 e. The van der Waals surface area contributed by atoms with Gasteiger partial charge in [0.05, 0.1) is 24.4 Å². The number of hydrazone groups is 1. The van der Waals surface area contributed by atoms with Gasteiger partial charge >= 0.3 is 6.18 Å². The molecule has 3 rings (SSSR count). The van der Waals surface area contributed by atoms with Crippen molar-refractivity contribution in [3.05, 3.63) is 35.1 Å². The number of aliphatic hydroxyl groups excluding tert-OH is 1. The Balaban J connectivity index is 1.99. The number of hydrogen-bond acceptors (Lipinski definition) is 5. The molecule has 0 spiro atoms. The molecular formula is C17H16F4N4O2. The summed E-state index contributed by atoms with van der Waals surface area (Å²) < 4.78 is 52.2. The molecule has 2 aliphatic rings. The Hall–Kier alpha value is -2.62. The molecule has 0 aromatic heterocycles. The van der Waals surface area contributed by atoms with Crippen LogP contribution < -0.4 is 0 Å². The normalized spacial score (nSPS) is 20.9. The summed E-state index contributed by atoms with van der Waals surface area (Å²) in [6, 6.07) is 1.78. The van der Waals surface area contributed by atoms with Gasteiger partial charge in [-0.25, -0.2) is 9.38 Å². The first kappa shape index (κ1) is 19.2. The fourth-order valence-electron chi connectivity index (χ4n) is 3.09. The Morgan fingerprint density at radius 3 is 2.59 bits per heavy atom. The van der Waals surface area contributed by atoms with Crippen LogP contribution >= 0.6 is 0 Å². The van der Waals surface area contributed by atoms with Gasteiger partial charge in [-0.05, 0) is 24.6 Å². The molecule has 1 amide bonds. The van der Waals surface area contributed by atoms with Crippen molar-refractivity contribution >= 4 is 23.2 Å². The van der Waals surface area contributed by atoms with Crippen molar-refractivity contribution in [2.24, 2.45) is 15.1 Å². The van der Waals surface area contributed by atoms with Crippen molar-refractivity contribution in [2.75, 3.05) is 13.2 Å². The van der Waals surface area contributed by atoms with Gasteiger partial charge in [0.25, 0.3) is 5.91 Å². The highest BCUT2D eigenvalue weighted by atomic mass is 19.4. The zero-order chi connectivity index (χ0) is 19.9. The van der Waals surface area contributed by atoms with Gasteiger partial charge in [0.1, 0.15) is 17.4 Å². The van der Waals surface area contributed by atoms with Crippen LogP contribution in [-0.2, 0) is 11.0 Å². The molecule has 2 heterocycles. The topological polar surface area (TPSA) is 77.6 Å². The quantitative estimate of drug-likeness (QED) is 0.810. The predicted molar refractivity (Wildman–Crippen MR) is 90.4 cm³/mol. The highest BCUT2D eigenvalue weighted by Crippen LogP contribution is 2.34. The molecule has 0 bridgehead atoms. The van der Waals surface area contributed by atoms with Crippen LogP contribution in [0, 0.1) is 5.82 Å². The van der Waals surface area contributed by atoms with Crippen LogP contribution in [0.15, 0.2) is 33.3 Å². The first-order valence-corrected chi connectivity index (χ1v) is 8.14. The lowest BCUT2D eigenvalue weighted by atomic mass is 9.90. The van der Waals surface area contributed by atoms with E-state index in [4.69, 9.17) is 0 Å². The minimum atomic E-state index is -4.78. The minimum Gasteiger partial charge on any atom is -0.394 e. The second kappa shape index (κ2) is 6.84. The Morgan fingerprint density at radius 2 is 2.00 bits per heavy atom. The van der Waals surface area contributed by atoms with Crippen LogP contribution in [0.1, 0.15) is 30.9 Å². The summed E-state index contributed by atoms with van der Waals surface area (Å²) in [7, 11) is 0. The number of hydrogen-bond donors (Lipinski definition) is 1. The van der Waals surface area contributed by atoms with Gasteiger partial charge in [-0.3, -0.25) is 9.80 Å². The Bertz CT molecular complexity index is 876. The minimum absolute atomic E-state index is 0.0571. The second-order valence-electron chi connectivity index (χ2n) is 6.23. The molecule has 0 radical (unpaired) electrons. The van der Waals surface area contributed by atoms with Crippen molar-refractivity contribution < 1.29 is 27.5 Å². The van der Waals surface area contributed by atoms with E-state index in [1.165, 1.54) is 18.0 Å². The van der Waals surface area contributed by atoms with E-state index in [1.54, 1.807) is 6.92 Å². The number of fused-ring (bicyclic) bond motifs is 1.